The number of likely N-dealkylation sites (tertiary alicyclic amines) is 2. The molecule has 0 radical (unpaired) electrons. The maximum absolute atomic E-state index is 9.71. The summed E-state index contributed by atoms with van der Waals surface area (Å²) >= 11 is 0. The molecule has 2 aliphatic heterocycles. The highest BCUT2D eigenvalue weighted by molar-refractivity contribution is 4.95. The number of rotatable bonds is 0. The van der Waals surface area contributed by atoms with Crippen molar-refractivity contribution in [1.29, 1.82) is 0 Å². The van der Waals surface area contributed by atoms with E-state index in [0.717, 1.165) is 24.7 Å². The molecule has 23 heavy (non-hydrogen) atoms. The van der Waals surface area contributed by atoms with Crippen molar-refractivity contribution in [2.24, 2.45) is 11.8 Å². The topological polar surface area (TPSA) is 46.9 Å². The molecule has 2 aliphatic carbocycles. The second-order valence-corrected chi connectivity index (χ2v) is 7.68. The first-order valence-corrected chi connectivity index (χ1v) is 9.84. The van der Waals surface area contributed by atoms with Crippen molar-refractivity contribution < 1.29 is 10.2 Å². The van der Waals surface area contributed by atoms with Crippen molar-refractivity contribution in [2.45, 2.75) is 83.1 Å². The van der Waals surface area contributed by atoms with Gasteiger partial charge >= 0.3 is 0 Å². The predicted molar refractivity (Wildman–Crippen MR) is 95.5 cm³/mol. The van der Waals surface area contributed by atoms with Crippen LogP contribution in [0.5, 0.6) is 0 Å². The van der Waals surface area contributed by atoms with Crippen molar-refractivity contribution in [3.63, 3.8) is 0 Å². The summed E-state index contributed by atoms with van der Waals surface area (Å²) < 4.78 is 0. The summed E-state index contributed by atoms with van der Waals surface area (Å²) in [7, 11) is 4.26. The van der Waals surface area contributed by atoms with Crippen LogP contribution in [0.1, 0.15) is 58.8 Å². The van der Waals surface area contributed by atoms with Crippen LogP contribution in [0.4, 0.5) is 0 Å². The number of likely N-dealkylation sites (N-methyl/N-ethyl adjacent to an activating group) is 2. The maximum atomic E-state index is 9.71. The molecule has 4 fully saturated rings. The van der Waals surface area contributed by atoms with Gasteiger partial charge in [0.15, 0.2) is 0 Å². The normalized spacial score (nSPS) is 43.0. The van der Waals surface area contributed by atoms with Crippen LogP contribution in [0, 0.1) is 11.8 Å². The fourth-order valence-corrected chi connectivity index (χ4v) is 5.26. The fraction of sp³-hybridized carbons (Fsp3) is 1.00. The Bertz CT molecular complexity index is 336. The molecule has 2 saturated carbocycles. The highest BCUT2D eigenvalue weighted by atomic mass is 16.3. The Morgan fingerprint density at radius 3 is 1.61 bits per heavy atom. The Morgan fingerprint density at radius 1 is 0.652 bits per heavy atom. The minimum atomic E-state index is -0.0405. The second kappa shape index (κ2) is 8.80. The van der Waals surface area contributed by atoms with Gasteiger partial charge in [-0.25, -0.2) is 0 Å². The molecule has 2 heterocycles. The Balaban J connectivity index is 0.000000152. The Labute approximate surface area is 142 Å². The zero-order chi connectivity index (χ0) is 17.0. The lowest BCUT2D eigenvalue weighted by Gasteiger charge is -2.33. The molecule has 4 aliphatic rings. The van der Waals surface area contributed by atoms with Crippen LogP contribution in [-0.4, -0.2) is 71.5 Å². The minimum Gasteiger partial charge on any atom is -0.391 e. The number of hydrogen-bond donors (Lipinski definition) is 2. The molecule has 0 amide bonds. The van der Waals surface area contributed by atoms with Gasteiger partial charge in [0.2, 0.25) is 0 Å². The van der Waals surface area contributed by atoms with Crippen LogP contribution in [0.15, 0.2) is 0 Å². The monoisotopic (exact) mass is 326 g/mol. The smallest absolute Gasteiger partial charge is 0.0698 e. The Kier molecular flexibility index (Phi) is 7.33. The number of fused-ring (bicyclic) bond motifs is 2. The van der Waals surface area contributed by atoms with Gasteiger partial charge in [0.05, 0.1) is 12.2 Å². The average Bonchev–Trinajstić information content (AvgIpc) is 3.22. The van der Waals surface area contributed by atoms with Crippen molar-refractivity contribution in [2.75, 3.05) is 27.2 Å². The molecule has 4 nitrogen and oxygen atoms in total. The molecule has 0 aromatic heterocycles. The van der Waals surface area contributed by atoms with E-state index >= 15 is 0 Å². The van der Waals surface area contributed by atoms with Crippen molar-refractivity contribution >= 4 is 0 Å². The number of aliphatic hydroxyl groups is 2. The van der Waals surface area contributed by atoms with E-state index in [-0.39, 0.29) is 12.2 Å². The quantitative estimate of drug-likeness (QED) is 0.717. The van der Waals surface area contributed by atoms with Crippen molar-refractivity contribution in [1.82, 2.24) is 9.80 Å². The van der Waals surface area contributed by atoms with Crippen molar-refractivity contribution in [3.8, 4) is 0 Å². The highest BCUT2D eigenvalue weighted by Crippen LogP contribution is 2.37. The van der Waals surface area contributed by atoms with E-state index in [0.29, 0.717) is 12.1 Å². The zero-order valence-corrected chi connectivity index (χ0v) is 15.6. The van der Waals surface area contributed by atoms with E-state index in [1.807, 2.05) is 13.8 Å². The molecule has 4 heteroatoms. The summed E-state index contributed by atoms with van der Waals surface area (Å²) in [5.74, 6) is 1.60. The first-order valence-electron chi connectivity index (χ1n) is 9.84. The van der Waals surface area contributed by atoms with E-state index in [4.69, 9.17) is 0 Å². The molecule has 0 bridgehead atoms. The van der Waals surface area contributed by atoms with Gasteiger partial charge in [0, 0.05) is 12.1 Å². The summed E-state index contributed by atoms with van der Waals surface area (Å²) in [5, 5.41) is 19.2. The zero-order valence-electron chi connectivity index (χ0n) is 15.6. The van der Waals surface area contributed by atoms with Crippen LogP contribution in [0.3, 0.4) is 0 Å². The number of hydrogen-bond acceptors (Lipinski definition) is 4. The molecule has 0 aromatic rings. The van der Waals surface area contributed by atoms with Crippen molar-refractivity contribution in [3.05, 3.63) is 0 Å². The molecular weight excluding hydrogens is 288 g/mol. The third kappa shape index (κ3) is 4.28. The number of nitrogens with zero attached hydrogens (tertiary/aromatic N) is 2. The molecule has 6 atom stereocenters. The molecule has 0 spiro atoms. The summed E-state index contributed by atoms with van der Waals surface area (Å²) in [6.45, 7) is 6.37. The molecular formula is C19H38N2O2. The van der Waals surface area contributed by atoms with E-state index in [2.05, 4.69) is 23.9 Å². The maximum Gasteiger partial charge on any atom is 0.0698 e. The Morgan fingerprint density at radius 2 is 1.13 bits per heavy atom. The van der Waals surface area contributed by atoms with Crippen LogP contribution in [-0.2, 0) is 0 Å². The van der Waals surface area contributed by atoms with E-state index in [1.54, 1.807) is 0 Å². The first kappa shape index (κ1) is 19.2. The molecule has 4 rings (SSSR count). The largest absolute Gasteiger partial charge is 0.391 e. The lowest BCUT2D eigenvalue weighted by atomic mass is 9.83. The SMILES string of the molecule is CC.CN1CCC2CCC(O)C21.CN1CCC2CCCC(O)C21. The van der Waals surface area contributed by atoms with Crippen LogP contribution in [0.2, 0.25) is 0 Å². The third-order valence-corrected chi connectivity index (χ3v) is 6.39. The first-order chi connectivity index (χ1) is 11.1. The van der Waals surface area contributed by atoms with Crippen LogP contribution < -0.4 is 0 Å². The van der Waals surface area contributed by atoms with Gasteiger partial charge < -0.3 is 20.0 Å². The molecule has 0 aromatic carbocycles. The summed E-state index contributed by atoms with van der Waals surface area (Å²) in [6.07, 6.45) is 8.40. The molecule has 6 unspecified atom stereocenters. The van der Waals surface area contributed by atoms with Crippen LogP contribution >= 0.6 is 0 Å². The van der Waals surface area contributed by atoms with E-state index in [1.165, 1.54) is 45.2 Å². The molecule has 136 valence electrons. The van der Waals surface area contributed by atoms with Gasteiger partial charge in [-0.2, -0.15) is 0 Å². The van der Waals surface area contributed by atoms with Crippen LogP contribution in [0.25, 0.3) is 0 Å². The summed E-state index contributed by atoms with van der Waals surface area (Å²) in [4.78, 5) is 4.64. The average molecular weight is 327 g/mol. The standard InChI is InChI=1S/C9H17NO.C8H15NO.C2H6/c1-10-6-5-7-3-2-4-8(11)9(7)10;1-9-5-4-6-2-3-7(10)8(6)9;1-2/h7-9,11H,2-6H2,1H3;6-8,10H,2-5H2,1H3;1-2H3. The molecule has 2 N–H and O–H groups in total. The van der Waals surface area contributed by atoms with Gasteiger partial charge in [-0.1, -0.05) is 20.3 Å². The fourth-order valence-electron chi connectivity index (χ4n) is 5.26. The Hall–Kier alpha value is -0.160. The summed E-state index contributed by atoms with van der Waals surface area (Å²) in [5.41, 5.74) is 0. The van der Waals surface area contributed by atoms with Gasteiger partial charge in [-0.15, -0.1) is 0 Å². The van der Waals surface area contributed by atoms with Gasteiger partial charge in [-0.3, -0.25) is 0 Å². The van der Waals surface area contributed by atoms with E-state index in [9.17, 15) is 10.2 Å². The molecule has 2 saturated heterocycles. The van der Waals surface area contributed by atoms with Gasteiger partial charge in [0.1, 0.15) is 0 Å². The number of aliphatic hydroxyl groups excluding tert-OH is 2. The highest BCUT2D eigenvalue weighted by Gasteiger charge is 2.41. The lowest BCUT2D eigenvalue weighted by Crippen LogP contribution is -2.42. The lowest BCUT2D eigenvalue weighted by molar-refractivity contribution is 0.0340. The second-order valence-electron chi connectivity index (χ2n) is 7.68. The summed E-state index contributed by atoms with van der Waals surface area (Å²) in [6, 6.07) is 0.990. The minimum absolute atomic E-state index is 0.0301. The third-order valence-electron chi connectivity index (χ3n) is 6.39. The van der Waals surface area contributed by atoms with Gasteiger partial charge in [0.25, 0.3) is 0 Å². The predicted octanol–water partition coefficient (Wildman–Crippen LogP) is 2.34. The van der Waals surface area contributed by atoms with Gasteiger partial charge in [-0.05, 0) is 77.5 Å². The van der Waals surface area contributed by atoms with E-state index < -0.39 is 0 Å².